The number of rotatable bonds is 10. The smallest absolute Gasteiger partial charge is 0.247 e. The number of carbonyl (C=O) groups excluding carboxylic acids is 1. The molecule has 0 aromatic heterocycles. The van der Waals surface area contributed by atoms with Gasteiger partial charge in [0.05, 0.1) is 23.9 Å². The number of hydrogen-bond acceptors (Lipinski definition) is 9. The summed E-state index contributed by atoms with van der Waals surface area (Å²) in [7, 11) is 1.50. The highest BCUT2D eigenvalue weighted by molar-refractivity contribution is 14.1. The molecule has 194 valence electrons. The number of aliphatic hydroxyl groups excluding tert-OH is 3. The summed E-state index contributed by atoms with van der Waals surface area (Å²) >= 11 is 2.08. The summed E-state index contributed by atoms with van der Waals surface area (Å²) in [5, 5.41) is 35.8. The first-order valence-electron chi connectivity index (χ1n) is 11.5. The second-order valence-electron chi connectivity index (χ2n) is 8.39. The highest BCUT2D eigenvalue weighted by Gasteiger charge is 2.36. The van der Waals surface area contributed by atoms with Crippen LogP contribution >= 0.6 is 22.6 Å². The molecule has 1 aliphatic heterocycles. The molecule has 1 aliphatic carbocycles. The van der Waals surface area contributed by atoms with Gasteiger partial charge in [-0.3, -0.25) is 4.79 Å². The molecular weight excluding hydrogens is 583 g/mol. The summed E-state index contributed by atoms with van der Waals surface area (Å²) in [6.45, 7) is 0.390. The lowest BCUT2D eigenvalue weighted by Gasteiger charge is -2.34. The van der Waals surface area contributed by atoms with Gasteiger partial charge in [-0.05, 0) is 70.5 Å². The minimum Gasteiger partial charge on any atom is -0.493 e. The van der Waals surface area contributed by atoms with Crippen molar-refractivity contribution < 1.29 is 39.1 Å². The molecule has 4 rings (SSSR count). The van der Waals surface area contributed by atoms with Crippen molar-refractivity contribution in [2.24, 2.45) is 0 Å². The third-order valence-electron chi connectivity index (χ3n) is 5.97. The van der Waals surface area contributed by atoms with Gasteiger partial charge in [-0.2, -0.15) is 0 Å². The van der Waals surface area contributed by atoms with E-state index < -0.39 is 18.2 Å². The van der Waals surface area contributed by atoms with Gasteiger partial charge in [-0.1, -0.05) is 6.07 Å². The molecule has 0 unspecified atom stereocenters. The summed E-state index contributed by atoms with van der Waals surface area (Å²) < 4.78 is 23.1. The number of carbonyl (C=O) groups is 1. The number of aliphatic hydroxyl groups is 3. The molecule has 0 fully saturated rings. The fraction of sp³-hybridized carbons (Fsp3) is 0.400. The molecule has 0 bridgehead atoms. The van der Waals surface area contributed by atoms with E-state index in [4.69, 9.17) is 24.1 Å². The first kappa shape index (κ1) is 26.5. The van der Waals surface area contributed by atoms with Gasteiger partial charge >= 0.3 is 0 Å². The molecular formula is C25H29IN2O8. The molecule has 10 nitrogen and oxygen atoms in total. The van der Waals surface area contributed by atoms with E-state index in [-0.39, 0.29) is 38.9 Å². The SMILES string of the molecule is COc1cc(CO)cc(I)c1O[C@H]1C=C(C(=O)NCCO)C[C@@H](NCc2ccc3c(c2)OCO3)[C@@H]1O. The monoisotopic (exact) mass is 612 g/mol. The van der Waals surface area contributed by atoms with Crippen LogP contribution in [0.1, 0.15) is 17.5 Å². The van der Waals surface area contributed by atoms with Crippen molar-refractivity contribution in [3.63, 3.8) is 0 Å². The predicted molar refractivity (Wildman–Crippen MR) is 138 cm³/mol. The van der Waals surface area contributed by atoms with Gasteiger partial charge in [0.25, 0.3) is 0 Å². The molecule has 11 heteroatoms. The fourth-order valence-corrected chi connectivity index (χ4v) is 4.91. The summed E-state index contributed by atoms with van der Waals surface area (Å²) in [5.41, 5.74) is 2.03. The zero-order valence-corrected chi connectivity index (χ0v) is 21.9. The van der Waals surface area contributed by atoms with Gasteiger partial charge in [0.15, 0.2) is 23.0 Å². The summed E-state index contributed by atoms with van der Waals surface area (Å²) in [6.07, 6.45) is 0.0308. The van der Waals surface area contributed by atoms with Gasteiger partial charge in [0.2, 0.25) is 12.7 Å². The maximum absolute atomic E-state index is 12.7. The Hall–Kier alpha value is -2.58. The van der Waals surface area contributed by atoms with E-state index in [9.17, 15) is 15.0 Å². The molecule has 0 saturated carbocycles. The normalized spacial score (nSPS) is 20.6. The van der Waals surface area contributed by atoms with Crippen molar-refractivity contribution in [2.45, 2.75) is 37.8 Å². The lowest BCUT2D eigenvalue weighted by Crippen LogP contribution is -2.51. The van der Waals surface area contributed by atoms with Crippen LogP contribution < -0.4 is 29.6 Å². The fourth-order valence-electron chi connectivity index (χ4n) is 4.11. The van der Waals surface area contributed by atoms with Crippen LogP contribution in [0.3, 0.4) is 0 Å². The minimum absolute atomic E-state index is 0.119. The Morgan fingerprint density at radius 1 is 1.17 bits per heavy atom. The molecule has 2 aromatic rings. The highest BCUT2D eigenvalue weighted by Crippen LogP contribution is 2.37. The van der Waals surface area contributed by atoms with Gasteiger partial charge in [-0.25, -0.2) is 0 Å². The number of halogens is 1. The maximum atomic E-state index is 12.7. The number of nitrogens with one attached hydrogen (secondary N) is 2. The number of ether oxygens (including phenoxy) is 4. The molecule has 0 spiro atoms. The Bertz CT molecular complexity index is 1130. The van der Waals surface area contributed by atoms with Gasteiger partial charge in [0, 0.05) is 24.7 Å². The first-order valence-corrected chi connectivity index (χ1v) is 12.5. The van der Waals surface area contributed by atoms with E-state index in [0.29, 0.717) is 44.2 Å². The molecule has 2 aromatic carbocycles. The Morgan fingerprint density at radius 3 is 2.72 bits per heavy atom. The number of hydrogen-bond donors (Lipinski definition) is 5. The van der Waals surface area contributed by atoms with Crippen LogP contribution in [-0.4, -0.2) is 66.5 Å². The zero-order chi connectivity index (χ0) is 25.7. The summed E-state index contributed by atoms with van der Waals surface area (Å²) in [4.78, 5) is 12.7. The average Bonchev–Trinajstić information content (AvgIpc) is 3.36. The van der Waals surface area contributed by atoms with Crippen LogP contribution in [-0.2, 0) is 17.9 Å². The number of amides is 1. The van der Waals surface area contributed by atoms with E-state index in [1.54, 1.807) is 18.2 Å². The van der Waals surface area contributed by atoms with Crippen LogP contribution in [0.5, 0.6) is 23.0 Å². The summed E-state index contributed by atoms with van der Waals surface area (Å²) in [6, 6.07) is 8.55. The van der Waals surface area contributed by atoms with E-state index in [0.717, 1.165) is 5.56 Å². The van der Waals surface area contributed by atoms with Crippen molar-refractivity contribution in [3.8, 4) is 23.0 Å². The molecule has 3 atom stereocenters. The van der Waals surface area contributed by atoms with E-state index >= 15 is 0 Å². The Kier molecular flexibility index (Phi) is 8.90. The van der Waals surface area contributed by atoms with Crippen molar-refractivity contribution in [3.05, 3.63) is 56.7 Å². The maximum Gasteiger partial charge on any atom is 0.247 e. The lowest BCUT2D eigenvalue weighted by atomic mass is 9.89. The van der Waals surface area contributed by atoms with Crippen molar-refractivity contribution >= 4 is 28.5 Å². The average molecular weight is 612 g/mol. The van der Waals surface area contributed by atoms with E-state index in [1.807, 2.05) is 18.2 Å². The topological polar surface area (TPSA) is 139 Å². The molecule has 0 saturated heterocycles. The Labute approximate surface area is 222 Å². The zero-order valence-electron chi connectivity index (χ0n) is 19.7. The second kappa shape index (κ2) is 12.1. The van der Waals surface area contributed by atoms with E-state index in [2.05, 4.69) is 33.2 Å². The van der Waals surface area contributed by atoms with Crippen molar-refractivity contribution in [1.29, 1.82) is 0 Å². The minimum atomic E-state index is -0.980. The number of fused-ring (bicyclic) bond motifs is 1. The Balaban J connectivity index is 1.56. The quantitative estimate of drug-likeness (QED) is 0.251. The summed E-state index contributed by atoms with van der Waals surface area (Å²) in [5.74, 6) is 1.83. The van der Waals surface area contributed by atoms with Gasteiger partial charge in [-0.15, -0.1) is 0 Å². The molecule has 2 aliphatic rings. The van der Waals surface area contributed by atoms with Gasteiger partial charge < -0.3 is 44.9 Å². The molecule has 1 heterocycles. The van der Waals surface area contributed by atoms with Gasteiger partial charge in [0.1, 0.15) is 12.2 Å². The van der Waals surface area contributed by atoms with Crippen molar-refractivity contribution in [2.75, 3.05) is 27.1 Å². The Morgan fingerprint density at radius 2 is 1.97 bits per heavy atom. The largest absolute Gasteiger partial charge is 0.493 e. The third kappa shape index (κ3) is 6.03. The lowest BCUT2D eigenvalue weighted by molar-refractivity contribution is -0.118. The third-order valence-corrected chi connectivity index (χ3v) is 6.78. The number of benzene rings is 2. The van der Waals surface area contributed by atoms with E-state index in [1.165, 1.54) is 7.11 Å². The van der Waals surface area contributed by atoms with Crippen LogP contribution in [0.2, 0.25) is 0 Å². The molecule has 1 amide bonds. The molecule has 36 heavy (non-hydrogen) atoms. The van der Waals surface area contributed by atoms with Crippen molar-refractivity contribution in [1.82, 2.24) is 10.6 Å². The molecule has 5 N–H and O–H groups in total. The van der Waals surface area contributed by atoms with Crippen LogP contribution in [0.25, 0.3) is 0 Å². The van der Waals surface area contributed by atoms with Crippen LogP contribution in [0.15, 0.2) is 42.0 Å². The highest BCUT2D eigenvalue weighted by atomic mass is 127. The molecule has 0 radical (unpaired) electrons. The first-order chi connectivity index (χ1) is 17.4. The number of methoxy groups -OCH3 is 1. The van der Waals surface area contributed by atoms with Crippen LogP contribution in [0, 0.1) is 3.57 Å². The standard InChI is InChI=1S/C25H29IN2O8/c1-33-22-8-15(12-30)6-17(26)24(22)36-21-10-16(25(32)27-4-5-29)9-18(23(21)31)28-11-14-2-3-19-20(7-14)35-13-34-19/h2-3,6-8,10,18,21,23,28-31H,4-5,9,11-13H2,1H3,(H,27,32)/t18-,21+,23+/m1/s1. The van der Waals surface area contributed by atoms with Crippen LogP contribution in [0.4, 0.5) is 0 Å². The predicted octanol–water partition coefficient (Wildman–Crippen LogP) is 1.23. The second-order valence-corrected chi connectivity index (χ2v) is 9.55.